The van der Waals surface area contributed by atoms with Gasteiger partial charge in [0, 0.05) is 0 Å². The summed E-state index contributed by atoms with van der Waals surface area (Å²) in [6.45, 7) is 9.47. The topological polar surface area (TPSA) is 63.6 Å². The third kappa shape index (κ3) is 9.57. The first-order chi connectivity index (χ1) is 13.5. The molecule has 4 heteroatoms. The molecule has 0 radical (unpaired) electrons. The van der Waals surface area contributed by atoms with Gasteiger partial charge < -0.3 is 9.84 Å². The molecule has 28 heavy (non-hydrogen) atoms. The van der Waals surface area contributed by atoms with Gasteiger partial charge in [0.15, 0.2) is 0 Å². The number of aliphatic carboxylic acids is 1. The molecule has 2 aliphatic rings. The molecule has 4 nitrogen and oxygen atoms in total. The van der Waals surface area contributed by atoms with Crippen molar-refractivity contribution in [1.29, 1.82) is 0 Å². The molecule has 2 aliphatic carbocycles. The fourth-order valence-corrected chi connectivity index (χ4v) is 4.42. The highest BCUT2D eigenvalue weighted by atomic mass is 16.5. The van der Waals surface area contributed by atoms with Crippen LogP contribution in [-0.2, 0) is 14.3 Å². The molecule has 2 unspecified atom stereocenters. The van der Waals surface area contributed by atoms with E-state index in [1.807, 2.05) is 6.92 Å². The normalized spacial score (nSPS) is 20.2. The molecule has 0 bridgehead atoms. The Labute approximate surface area is 171 Å². The monoisotopic (exact) mass is 392 g/mol. The lowest BCUT2D eigenvalue weighted by molar-refractivity contribution is -0.149. The first kappa shape index (κ1) is 24.5. The maximum absolute atomic E-state index is 11.5. The number of carboxylic acids is 1. The Hall–Kier alpha value is -1.58. The van der Waals surface area contributed by atoms with Gasteiger partial charge in [0.05, 0.1) is 11.8 Å². The van der Waals surface area contributed by atoms with Crippen LogP contribution in [0.5, 0.6) is 0 Å². The van der Waals surface area contributed by atoms with Crippen LogP contribution >= 0.6 is 0 Å². The average molecular weight is 393 g/mol. The fraction of sp³-hybridized carbons (Fsp3) is 0.750. The summed E-state index contributed by atoms with van der Waals surface area (Å²) >= 11 is 0. The van der Waals surface area contributed by atoms with Gasteiger partial charge in [-0.2, -0.15) is 0 Å². The lowest BCUT2D eigenvalue weighted by Crippen LogP contribution is -2.25. The van der Waals surface area contributed by atoms with E-state index in [1.54, 1.807) is 12.2 Å². The molecule has 2 rings (SSSR count). The maximum atomic E-state index is 11.5. The molecule has 2 fully saturated rings. The quantitative estimate of drug-likeness (QED) is 0.377. The van der Waals surface area contributed by atoms with Crippen molar-refractivity contribution in [3.8, 4) is 0 Å². The second kappa shape index (κ2) is 14.4. The summed E-state index contributed by atoms with van der Waals surface area (Å²) < 4.78 is 5.05. The van der Waals surface area contributed by atoms with Gasteiger partial charge in [0.2, 0.25) is 0 Å². The maximum Gasteiger partial charge on any atom is 0.309 e. The van der Waals surface area contributed by atoms with Gasteiger partial charge in [0.1, 0.15) is 6.61 Å². The van der Waals surface area contributed by atoms with Crippen LogP contribution < -0.4 is 0 Å². The van der Waals surface area contributed by atoms with Crippen molar-refractivity contribution in [1.82, 2.24) is 0 Å². The third-order valence-corrected chi connectivity index (χ3v) is 6.22. The van der Waals surface area contributed by atoms with Crippen LogP contribution in [0.25, 0.3) is 0 Å². The summed E-state index contributed by atoms with van der Waals surface area (Å²) in [4.78, 5) is 22.4. The molecule has 2 atom stereocenters. The zero-order chi connectivity index (χ0) is 20.8. The minimum absolute atomic E-state index is 0.0585. The Balaban J connectivity index is 0.000000280. The van der Waals surface area contributed by atoms with Gasteiger partial charge in [-0.15, -0.1) is 6.58 Å². The number of hydrogen-bond acceptors (Lipinski definition) is 3. The van der Waals surface area contributed by atoms with E-state index in [-0.39, 0.29) is 17.8 Å². The van der Waals surface area contributed by atoms with Crippen molar-refractivity contribution < 1.29 is 19.4 Å². The van der Waals surface area contributed by atoms with Gasteiger partial charge in [-0.05, 0) is 37.5 Å². The number of esters is 1. The second-order valence-electron chi connectivity index (χ2n) is 8.40. The molecule has 0 aromatic rings. The van der Waals surface area contributed by atoms with Crippen molar-refractivity contribution in [2.45, 2.75) is 84.0 Å². The van der Waals surface area contributed by atoms with Crippen LogP contribution in [0.3, 0.4) is 0 Å². The van der Waals surface area contributed by atoms with Gasteiger partial charge in [-0.3, -0.25) is 9.59 Å². The van der Waals surface area contributed by atoms with E-state index in [0.29, 0.717) is 24.9 Å². The minimum Gasteiger partial charge on any atom is -0.481 e. The predicted octanol–water partition coefficient (Wildman–Crippen LogP) is 6.17. The van der Waals surface area contributed by atoms with E-state index >= 15 is 0 Å². The molecule has 0 aromatic carbocycles. The Morgan fingerprint density at radius 3 is 2.07 bits per heavy atom. The summed E-state index contributed by atoms with van der Waals surface area (Å²) in [7, 11) is 0. The van der Waals surface area contributed by atoms with Gasteiger partial charge in [-0.1, -0.05) is 77.0 Å². The summed E-state index contributed by atoms with van der Waals surface area (Å²) in [5, 5.41) is 8.99. The molecule has 0 heterocycles. The lowest BCUT2D eigenvalue weighted by Gasteiger charge is -2.25. The molecule has 1 N–H and O–H groups in total. The van der Waals surface area contributed by atoms with Crippen molar-refractivity contribution in [3.05, 3.63) is 25.3 Å². The number of carboxylic acid groups (broad SMARTS) is 1. The number of ether oxygens (including phenoxy) is 1. The summed E-state index contributed by atoms with van der Waals surface area (Å²) in [5.41, 5.74) is 0. The van der Waals surface area contributed by atoms with Gasteiger partial charge >= 0.3 is 11.9 Å². The zero-order valence-electron chi connectivity index (χ0n) is 17.7. The van der Waals surface area contributed by atoms with Gasteiger partial charge in [0.25, 0.3) is 0 Å². The van der Waals surface area contributed by atoms with Crippen LogP contribution in [-0.4, -0.2) is 23.7 Å². The predicted molar refractivity (Wildman–Crippen MR) is 114 cm³/mol. The van der Waals surface area contributed by atoms with Crippen molar-refractivity contribution in [3.63, 3.8) is 0 Å². The van der Waals surface area contributed by atoms with Crippen LogP contribution in [0.2, 0.25) is 0 Å². The number of allylic oxidation sites excluding steroid dienone is 1. The molecular formula is C24H40O4. The van der Waals surface area contributed by atoms with Crippen molar-refractivity contribution in [2.75, 3.05) is 6.61 Å². The SMILES string of the molecule is C=CCC(CC1CCCCC1)C(=O)O.C=CCOC(=O)C(C)C1CCCCC1. The van der Waals surface area contributed by atoms with Crippen LogP contribution in [0.4, 0.5) is 0 Å². The number of rotatable bonds is 9. The van der Waals surface area contributed by atoms with Crippen LogP contribution in [0.1, 0.15) is 84.0 Å². The van der Waals surface area contributed by atoms with Crippen LogP contribution in [0, 0.1) is 23.7 Å². The number of hydrogen-bond donors (Lipinski definition) is 1. The Morgan fingerprint density at radius 1 is 1.00 bits per heavy atom. The fourth-order valence-electron chi connectivity index (χ4n) is 4.42. The molecular weight excluding hydrogens is 352 g/mol. The third-order valence-electron chi connectivity index (χ3n) is 6.22. The highest BCUT2D eigenvalue weighted by molar-refractivity contribution is 5.72. The smallest absolute Gasteiger partial charge is 0.309 e. The standard InChI is InChI=1S/2C12H20O2/c1-3-9-14-12(13)10(2)11-7-5-4-6-8-11;1-2-6-11(12(13)14)9-10-7-4-3-5-8-10/h3,10-11H,1,4-9H2,2H3;2,10-11H,1,3-9H2,(H,13,14). The molecule has 0 spiro atoms. The molecule has 0 aliphatic heterocycles. The average Bonchev–Trinajstić information content (AvgIpc) is 2.73. The van der Waals surface area contributed by atoms with E-state index in [0.717, 1.165) is 6.42 Å². The Kier molecular flexibility index (Phi) is 12.6. The molecule has 0 saturated heterocycles. The van der Waals surface area contributed by atoms with E-state index in [1.165, 1.54) is 64.2 Å². The second-order valence-corrected chi connectivity index (χ2v) is 8.40. The highest BCUT2D eigenvalue weighted by Gasteiger charge is 2.26. The summed E-state index contributed by atoms with van der Waals surface area (Å²) in [6.07, 6.45) is 17.4. The Bertz CT molecular complexity index is 473. The molecule has 2 saturated carbocycles. The highest BCUT2D eigenvalue weighted by Crippen LogP contribution is 2.31. The first-order valence-corrected chi connectivity index (χ1v) is 11.1. The van der Waals surface area contributed by atoms with Crippen LogP contribution in [0.15, 0.2) is 25.3 Å². The van der Waals surface area contributed by atoms with Gasteiger partial charge in [-0.25, -0.2) is 0 Å². The molecule has 0 amide bonds. The first-order valence-electron chi connectivity index (χ1n) is 11.1. The van der Waals surface area contributed by atoms with Crippen molar-refractivity contribution >= 4 is 11.9 Å². The summed E-state index contributed by atoms with van der Waals surface area (Å²) in [5.74, 6) is 0.337. The minimum atomic E-state index is -0.657. The molecule has 0 aromatic heterocycles. The van der Waals surface area contributed by atoms with E-state index in [9.17, 15) is 9.59 Å². The number of carbonyl (C=O) groups excluding carboxylic acids is 1. The molecule has 160 valence electrons. The number of carbonyl (C=O) groups is 2. The lowest BCUT2D eigenvalue weighted by atomic mass is 9.81. The zero-order valence-corrected chi connectivity index (χ0v) is 17.7. The Morgan fingerprint density at radius 2 is 1.57 bits per heavy atom. The van der Waals surface area contributed by atoms with E-state index in [4.69, 9.17) is 9.84 Å². The van der Waals surface area contributed by atoms with E-state index < -0.39 is 5.97 Å². The van der Waals surface area contributed by atoms with E-state index in [2.05, 4.69) is 13.2 Å². The van der Waals surface area contributed by atoms with Crippen molar-refractivity contribution in [2.24, 2.45) is 23.7 Å². The largest absolute Gasteiger partial charge is 0.481 e. The summed E-state index contributed by atoms with van der Waals surface area (Å²) in [6, 6.07) is 0.